The molecule has 2 aliphatic heterocycles. The summed E-state index contributed by atoms with van der Waals surface area (Å²) >= 11 is 5.31. The van der Waals surface area contributed by atoms with Gasteiger partial charge in [0, 0.05) is 17.7 Å². The van der Waals surface area contributed by atoms with E-state index in [-0.39, 0.29) is 19.6 Å². The Balaban J connectivity index is 1.85. The van der Waals surface area contributed by atoms with Gasteiger partial charge in [0.2, 0.25) is 0 Å². The topological polar surface area (TPSA) is 71.1 Å². The second kappa shape index (κ2) is 4.08. The zero-order chi connectivity index (χ0) is 11.1. The molecule has 2 rings (SSSR count). The van der Waals surface area contributed by atoms with E-state index in [0.717, 1.165) is 0 Å². The Morgan fingerprint density at radius 3 is 2.27 bits per heavy atom. The van der Waals surface area contributed by atoms with Gasteiger partial charge in [0.1, 0.15) is 0 Å². The first-order chi connectivity index (χ1) is 6.86. The fraction of sp³-hybridized carbons (Fsp3) is 1.00. The molecule has 10 heteroatoms. The minimum atomic E-state index is -4.39. The summed E-state index contributed by atoms with van der Waals surface area (Å²) in [5, 5.41) is 0. The van der Waals surface area contributed by atoms with Crippen molar-refractivity contribution in [1.82, 2.24) is 0 Å². The summed E-state index contributed by atoms with van der Waals surface area (Å²) in [5.41, 5.74) is 0. The minimum Gasteiger partial charge on any atom is -0.294 e. The SMILES string of the molecule is O=P1(F)OCC(CC2COP(=O)(Cl)O2)O1. The molecule has 0 saturated carbocycles. The zero-order valence-corrected chi connectivity index (χ0v) is 9.92. The lowest BCUT2D eigenvalue weighted by Gasteiger charge is -2.10. The van der Waals surface area contributed by atoms with E-state index in [9.17, 15) is 13.3 Å². The third-order valence-electron chi connectivity index (χ3n) is 1.91. The van der Waals surface area contributed by atoms with Gasteiger partial charge in [0.05, 0.1) is 25.4 Å². The Hall–Kier alpha value is 0.520. The number of hydrogen-bond acceptors (Lipinski definition) is 6. The van der Waals surface area contributed by atoms with Gasteiger partial charge in [0.25, 0.3) is 0 Å². The lowest BCUT2D eigenvalue weighted by Crippen LogP contribution is -2.20. The molecule has 0 radical (unpaired) electrons. The van der Waals surface area contributed by atoms with Gasteiger partial charge in [-0.15, -0.1) is 4.20 Å². The average molecular weight is 281 g/mol. The van der Waals surface area contributed by atoms with Crippen molar-refractivity contribution in [2.24, 2.45) is 0 Å². The summed E-state index contributed by atoms with van der Waals surface area (Å²) in [7, 11) is -4.39. The van der Waals surface area contributed by atoms with Crippen LogP contribution in [0.5, 0.6) is 0 Å². The largest absolute Gasteiger partial charge is 0.513 e. The fourth-order valence-corrected chi connectivity index (χ4v) is 3.66. The molecule has 0 aromatic carbocycles. The summed E-state index contributed by atoms with van der Waals surface area (Å²) in [6.07, 6.45) is -1.07. The Labute approximate surface area is 90.0 Å². The van der Waals surface area contributed by atoms with E-state index in [0.29, 0.717) is 0 Å². The second-order valence-electron chi connectivity index (χ2n) is 3.14. The second-order valence-corrected chi connectivity index (χ2v) is 7.05. The molecule has 0 aliphatic carbocycles. The number of hydrogen-bond donors (Lipinski definition) is 0. The highest BCUT2D eigenvalue weighted by Gasteiger charge is 2.42. The van der Waals surface area contributed by atoms with Crippen LogP contribution in [0.4, 0.5) is 4.20 Å². The van der Waals surface area contributed by atoms with E-state index in [4.69, 9.17) is 15.8 Å². The normalized spacial score (nSPS) is 51.1. The van der Waals surface area contributed by atoms with Gasteiger partial charge in [-0.05, 0) is 0 Å². The van der Waals surface area contributed by atoms with Gasteiger partial charge in [-0.1, -0.05) is 0 Å². The standard InChI is InChI=1S/C5H8ClFO6P2/c6-14(8)10-2-4(12-14)1-5-3-11-15(7,9)13-5/h4-5H,1-3H2. The van der Waals surface area contributed by atoms with E-state index < -0.39 is 27.1 Å². The molecule has 0 aromatic heterocycles. The van der Waals surface area contributed by atoms with Crippen molar-refractivity contribution < 1.29 is 31.4 Å². The number of halogens is 2. The maximum atomic E-state index is 12.6. The van der Waals surface area contributed by atoms with Crippen LogP contribution >= 0.6 is 26.1 Å². The molecule has 0 N–H and O–H groups in total. The van der Waals surface area contributed by atoms with Gasteiger partial charge in [-0.2, -0.15) is 0 Å². The van der Waals surface area contributed by atoms with Gasteiger partial charge >= 0.3 is 14.9 Å². The monoisotopic (exact) mass is 280 g/mol. The molecule has 2 saturated heterocycles. The van der Waals surface area contributed by atoms with Crippen molar-refractivity contribution in [1.29, 1.82) is 0 Å². The molecular weight excluding hydrogens is 272 g/mol. The molecule has 2 aliphatic rings. The van der Waals surface area contributed by atoms with Gasteiger partial charge < -0.3 is 0 Å². The van der Waals surface area contributed by atoms with Crippen molar-refractivity contribution in [2.75, 3.05) is 13.2 Å². The molecule has 4 atom stereocenters. The summed E-state index contributed by atoms with van der Waals surface area (Å²) in [4.78, 5) is 0. The van der Waals surface area contributed by atoms with Crippen LogP contribution in [0.2, 0.25) is 0 Å². The highest BCUT2D eigenvalue weighted by atomic mass is 35.7. The van der Waals surface area contributed by atoms with E-state index >= 15 is 0 Å². The first kappa shape index (κ1) is 12.0. The molecule has 6 nitrogen and oxygen atoms in total. The summed E-state index contributed by atoms with van der Waals surface area (Å²) < 4.78 is 52.6. The van der Waals surface area contributed by atoms with Crippen molar-refractivity contribution in [3.05, 3.63) is 0 Å². The lowest BCUT2D eigenvalue weighted by atomic mass is 10.2. The predicted octanol–water partition coefficient (Wildman–Crippen LogP) is 2.63. The van der Waals surface area contributed by atoms with Crippen molar-refractivity contribution in [2.45, 2.75) is 18.6 Å². The van der Waals surface area contributed by atoms with Crippen LogP contribution in [0.1, 0.15) is 6.42 Å². The summed E-state index contributed by atoms with van der Waals surface area (Å²) in [6, 6.07) is 0. The van der Waals surface area contributed by atoms with Gasteiger partial charge in [0.15, 0.2) is 0 Å². The van der Waals surface area contributed by atoms with E-state index in [1.165, 1.54) is 0 Å². The Bertz CT molecular complexity index is 318. The van der Waals surface area contributed by atoms with Crippen LogP contribution < -0.4 is 0 Å². The van der Waals surface area contributed by atoms with Crippen LogP contribution in [-0.2, 0) is 27.2 Å². The van der Waals surface area contributed by atoms with Crippen LogP contribution in [0, 0.1) is 0 Å². The Morgan fingerprint density at radius 2 is 1.80 bits per heavy atom. The third-order valence-corrected chi connectivity index (χ3v) is 4.45. The predicted molar refractivity (Wildman–Crippen MR) is 48.4 cm³/mol. The van der Waals surface area contributed by atoms with Gasteiger partial charge in [-0.25, -0.2) is 9.13 Å². The van der Waals surface area contributed by atoms with Crippen LogP contribution in [0.25, 0.3) is 0 Å². The fourth-order valence-electron chi connectivity index (χ4n) is 1.34. The Kier molecular flexibility index (Phi) is 3.26. The molecule has 88 valence electrons. The highest BCUT2D eigenvalue weighted by molar-refractivity contribution is 7.81. The Morgan fingerprint density at radius 1 is 1.20 bits per heavy atom. The van der Waals surface area contributed by atoms with Gasteiger partial charge in [-0.3, -0.25) is 18.1 Å². The molecule has 0 amide bonds. The lowest BCUT2D eigenvalue weighted by molar-refractivity contribution is 0.136. The highest BCUT2D eigenvalue weighted by Crippen LogP contribution is 2.60. The van der Waals surface area contributed by atoms with Crippen molar-refractivity contribution in [3.8, 4) is 0 Å². The number of rotatable bonds is 2. The van der Waals surface area contributed by atoms with Crippen molar-refractivity contribution in [3.63, 3.8) is 0 Å². The maximum Gasteiger partial charge on any atom is 0.513 e. The first-order valence-electron chi connectivity index (χ1n) is 4.12. The van der Waals surface area contributed by atoms with Crippen molar-refractivity contribution >= 4 is 26.1 Å². The molecule has 4 unspecified atom stereocenters. The summed E-state index contributed by atoms with van der Waals surface area (Å²) in [5.74, 6) is 0. The quantitative estimate of drug-likeness (QED) is 0.724. The molecule has 15 heavy (non-hydrogen) atoms. The smallest absolute Gasteiger partial charge is 0.294 e. The van der Waals surface area contributed by atoms with E-state index in [2.05, 4.69) is 13.6 Å². The molecule has 0 spiro atoms. The third kappa shape index (κ3) is 3.24. The molecule has 0 bridgehead atoms. The molecular formula is C5H8ClFO6P2. The van der Waals surface area contributed by atoms with Crippen LogP contribution in [0.15, 0.2) is 0 Å². The first-order valence-corrected chi connectivity index (χ1v) is 8.00. The van der Waals surface area contributed by atoms with E-state index in [1.54, 1.807) is 0 Å². The molecule has 2 fully saturated rings. The zero-order valence-electron chi connectivity index (χ0n) is 7.38. The average Bonchev–Trinajstić information content (AvgIpc) is 2.56. The minimum absolute atomic E-state index is 0.0389. The summed E-state index contributed by atoms with van der Waals surface area (Å²) in [6.45, 7) is -3.56. The van der Waals surface area contributed by atoms with E-state index in [1.807, 2.05) is 0 Å². The molecule has 0 aromatic rings. The maximum absolute atomic E-state index is 12.6. The van der Waals surface area contributed by atoms with Crippen LogP contribution in [-0.4, -0.2) is 25.4 Å². The van der Waals surface area contributed by atoms with Crippen LogP contribution in [0.3, 0.4) is 0 Å². The molecule has 2 heterocycles.